The number of rotatable bonds is 3. The molecule has 158 valence electrons. The fraction of sp³-hybridized carbons (Fsp3) is 0.286. The van der Waals surface area contributed by atoms with Crippen molar-refractivity contribution in [2.24, 2.45) is 0 Å². The summed E-state index contributed by atoms with van der Waals surface area (Å²) in [6.07, 6.45) is -7.83. The molecule has 1 saturated heterocycles. The van der Waals surface area contributed by atoms with Crippen LogP contribution in [0.1, 0.15) is 11.7 Å². The molecule has 2 aromatic carbocycles. The van der Waals surface area contributed by atoms with Crippen LogP contribution in [0.25, 0.3) is 22.3 Å². The van der Waals surface area contributed by atoms with E-state index in [0.717, 1.165) is 6.07 Å². The van der Waals surface area contributed by atoms with Crippen LogP contribution in [0.15, 0.2) is 51.7 Å². The third-order valence-corrected chi connectivity index (χ3v) is 5.25. The Morgan fingerprint density at radius 1 is 0.933 bits per heavy atom. The van der Waals surface area contributed by atoms with Crippen LogP contribution >= 0.6 is 0 Å². The third-order valence-electron chi connectivity index (χ3n) is 5.25. The molecule has 0 saturated carbocycles. The number of hydrogen-bond acceptors (Lipinski definition) is 9. The van der Waals surface area contributed by atoms with E-state index in [1.807, 2.05) is 0 Å². The second-order valence-electron chi connectivity index (χ2n) is 7.12. The Hall–Kier alpha value is -2.95. The van der Waals surface area contributed by atoms with Crippen molar-refractivity contribution in [3.63, 3.8) is 0 Å². The van der Waals surface area contributed by atoms with Crippen molar-refractivity contribution in [3.8, 4) is 22.8 Å². The van der Waals surface area contributed by atoms with E-state index in [4.69, 9.17) is 9.15 Å². The third kappa shape index (κ3) is 3.22. The quantitative estimate of drug-likeness (QED) is 0.355. The fourth-order valence-corrected chi connectivity index (χ4v) is 3.67. The van der Waals surface area contributed by atoms with Crippen LogP contribution in [0.3, 0.4) is 0 Å². The summed E-state index contributed by atoms with van der Waals surface area (Å²) in [7, 11) is 0. The van der Waals surface area contributed by atoms with Crippen LogP contribution in [-0.4, -0.2) is 61.7 Å². The first-order valence-corrected chi connectivity index (χ1v) is 9.22. The van der Waals surface area contributed by atoms with E-state index in [2.05, 4.69) is 0 Å². The van der Waals surface area contributed by atoms with E-state index in [1.54, 1.807) is 30.3 Å². The number of aliphatic hydroxyl groups is 4. The van der Waals surface area contributed by atoms with Gasteiger partial charge in [-0.15, -0.1) is 0 Å². The molecule has 0 amide bonds. The average Bonchev–Trinajstić information content (AvgIpc) is 2.73. The van der Waals surface area contributed by atoms with Gasteiger partial charge >= 0.3 is 0 Å². The summed E-state index contributed by atoms with van der Waals surface area (Å²) in [6.45, 7) is -0.681. The lowest BCUT2D eigenvalue weighted by Crippen LogP contribution is -2.55. The molecular formula is C21H20O9. The minimum atomic E-state index is -1.74. The van der Waals surface area contributed by atoms with Gasteiger partial charge in [0.2, 0.25) is 0 Å². The lowest BCUT2D eigenvalue weighted by molar-refractivity contribution is -0.232. The Morgan fingerprint density at radius 3 is 2.30 bits per heavy atom. The predicted octanol–water partition coefficient (Wildman–Crippen LogP) is 0.386. The normalized spacial score (nSPS) is 26.7. The van der Waals surface area contributed by atoms with E-state index < -0.39 is 54.1 Å². The molecule has 1 fully saturated rings. The maximum Gasteiger partial charge on any atom is 0.197 e. The van der Waals surface area contributed by atoms with Crippen LogP contribution in [0.2, 0.25) is 0 Å². The molecule has 1 aromatic heterocycles. The van der Waals surface area contributed by atoms with Crippen LogP contribution in [0, 0.1) is 0 Å². The number of phenolic OH excluding ortho intramolecular Hbond substituents is 2. The van der Waals surface area contributed by atoms with E-state index in [0.29, 0.717) is 5.56 Å². The average molecular weight is 416 g/mol. The summed E-state index contributed by atoms with van der Waals surface area (Å²) < 4.78 is 11.1. The minimum absolute atomic E-state index is 0.0929. The maximum absolute atomic E-state index is 12.7. The van der Waals surface area contributed by atoms with Crippen molar-refractivity contribution in [1.29, 1.82) is 0 Å². The van der Waals surface area contributed by atoms with Gasteiger partial charge in [-0.05, 0) is 0 Å². The van der Waals surface area contributed by atoms with Gasteiger partial charge in [0.25, 0.3) is 0 Å². The van der Waals surface area contributed by atoms with Crippen molar-refractivity contribution in [1.82, 2.24) is 0 Å². The first-order chi connectivity index (χ1) is 14.3. The second kappa shape index (κ2) is 7.71. The van der Waals surface area contributed by atoms with Gasteiger partial charge < -0.3 is 39.8 Å². The zero-order chi connectivity index (χ0) is 21.6. The number of aliphatic hydroxyl groups excluding tert-OH is 4. The van der Waals surface area contributed by atoms with Crippen molar-refractivity contribution in [2.45, 2.75) is 30.5 Å². The zero-order valence-electron chi connectivity index (χ0n) is 15.5. The fourth-order valence-electron chi connectivity index (χ4n) is 3.67. The Labute approximate surface area is 169 Å². The molecule has 0 aliphatic carbocycles. The highest BCUT2D eigenvalue weighted by Crippen LogP contribution is 2.44. The molecule has 6 N–H and O–H groups in total. The summed E-state index contributed by atoms with van der Waals surface area (Å²) in [6, 6.07) is 11.1. The highest BCUT2D eigenvalue weighted by molar-refractivity contribution is 5.88. The summed E-state index contributed by atoms with van der Waals surface area (Å²) in [5.41, 5.74) is -0.434. The molecule has 9 heteroatoms. The van der Waals surface area contributed by atoms with Crippen molar-refractivity contribution < 1.29 is 39.8 Å². The lowest BCUT2D eigenvalue weighted by Gasteiger charge is -2.40. The minimum Gasteiger partial charge on any atom is -0.507 e. The van der Waals surface area contributed by atoms with E-state index in [9.17, 15) is 35.4 Å². The van der Waals surface area contributed by atoms with Gasteiger partial charge in [-0.2, -0.15) is 0 Å². The van der Waals surface area contributed by atoms with Gasteiger partial charge in [0.15, 0.2) is 5.43 Å². The monoisotopic (exact) mass is 416 g/mol. The first-order valence-electron chi connectivity index (χ1n) is 9.22. The standard InChI is InChI=1S/C21H20O9/c22-8-14-17(25)19(27)20(28)21(30-14)16-11(24)7-13-15(18(16)26)10(23)6-12(29-13)9-4-2-1-3-5-9/h1-7,14,17,19-22,24-28H,8H2/t14-,17-,19+,20-,21+/m0/s1. The Kier molecular flexibility index (Phi) is 5.22. The number of hydrogen-bond donors (Lipinski definition) is 6. The smallest absolute Gasteiger partial charge is 0.197 e. The first kappa shape index (κ1) is 20.3. The van der Waals surface area contributed by atoms with Gasteiger partial charge in [0, 0.05) is 17.7 Å². The summed E-state index contributed by atoms with van der Waals surface area (Å²) in [5.74, 6) is -1.02. The highest BCUT2D eigenvalue weighted by atomic mass is 16.5. The Balaban J connectivity index is 1.87. The summed E-state index contributed by atoms with van der Waals surface area (Å²) in [4.78, 5) is 12.7. The molecular weight excluding hydrogens is 396 g/mol. The SMILES string of the molecule is O=c1cc(-c2ccccc2)oc2cc(O)c([C@H]3O[C@@H](CO)[C@H](O)[C@@H](O)[C@@H]3O)c(O)c12. The van der Waals surface area contributed by atoms with Gasteiger partial charge in [0.05, 0.1) is 12.2 Å². The zero-order valence-corrected chi connectivity index (χ0v) is 15.5. The molecule has 2 heterocycles. The van der Waals surface area contributed by atoms with Crippen molar-refractivity contribution in [3.05, 3.63) is 58.3 Å². The molecule has 4 rings (SSSR count). The summed E-state index contributed by atoms with van der Waals surface area (Å²) >= 11 is 0. The van der Waals surface area contributed by atoms with Crippen LogP contribution in [0.5, 0.6) is 11.5 Å². The van der Waals surface area contributed by atoms with Gasteiger partial charge in [0.1, 0.15) is 58.7 Å². The highest BCUT2D eigenvalue weighted by Gasteiger charge is 2.46. The predicted molar refractivity (Wildman–Crippen MR) is 104 cm³/mol. The number of aromatic hydroxyl groups is 2. The molecule has 5 atom stereocenters. The Morgan fingerprint density at radius 2 is 1.63 bits per heavy atom. The van der Waals surface area contributed by atoms with E-state index in [-0.39, 0.29) is 22.3 Å². The summed E-state index contributed by atoms with van der Waals surface area (Å²) in [5, 5.41) is 60.6. The van der Waals surface area contributed by atoms with E-state index in [1.165, 1.54) is 6.07 Å². The van der Waals surface area contributed by atoms with Crippen LogP contribution in [0.4, 0.5) is 0 Å². The molecule has 0 radical (unpaired) electrons. The number of ether oxygens (including phenoxy) is 1. The largest absolute Gasteiger partial charge is 0.507 e. The number of fused-ring (bicyclic) bond motifs is 1. The molecule has 9 nitrogen and oxygen atoms in total. The van der Waals surface area contributed by atoms with Gasteiger partial charge in [-0.1, -0.05) is 30.3 Å². The maximum atomic E-state index is 12.7. The van der Waals surface area contributed by atoms with E-state index >= 15 is 0 Å². The van der Waals surface area contributed by atoms with Crippen molar-refractivity contribution >= 4 is 11.0 Å². The number of phenols is 2. The Bertz CT molecular complexity index is 1120. The second-order valence-corrected chi connectivity index (χ2v) is 7.12. The molecule has 3 aromatic rings. The van der Waals surface area contributed by atoms with Crippen LogP contribution < -0.4 is 5.43 Å². The lowest BCUT2D eigenvalue weighted by atomic mass is 9.89. The molecule has 0 unspecified atom stereocenters. The molecule has 0 bridgehead atoms. The van der Waals surface area contributed by atoms with Crippen molar-refractivity contribution in [2.75, 3.05) is 6.61 Å². The van der Waals surface area contributed by atoms with Gasteiger partial charge in [-0.25, -0.2) is 0 Å². The molecule has 1 aliphatic heterocycles. The topological polar surface area (TPSA) is 161 Å². The van der Waals surface area contributed by atoms with Crippen LogP contribution in [-0.2, 0) is 4.74 Å². The van der Waals surface area contributed by atoms with Gasteiger partial charge in [-0.3, -0.25) is 4.79 Å². The molecule has 0 spiro atoms. The number of benzene rings is 2. The molecule has 30 heavy (non-hydrogen) atoms. The molecule has 1 aliphatic rings.